The third kappa shape index (κ3) is 5.33. The van der Waals surface area contributed by atoms with Gasteiger partial charge < -0.3 is 24.2 Å². The Bertz CT molecular complexity index is 1240. The average molecular weight is 489 g/mol. The number of aromatic nitrogens is 3. The van der Waals surface area contributed by atoms with E-state index in [2.05, 4.69) is 10.3 Å². The van der Waals surface area contributed by atoms with Gasteiger partial charge in [-0.25, -0.2) is 14.2 Å². The topological polar surface area (TPSA) is 106 Å². The van der Waals surface area contributed by atoms with Crippen LogP contribution in [0.2, 0.25) is 0 Å². The number of nitrogens with zero attached hydrogens (tertiary/aromatic N) is 5. The number of amides is 2. The molecule has 1 aromatic carbocycles. The highest BCUT2D eigenvalue weighted by molar-refractivity contribution is 7.99. The van der Waals surface area contributed by atoms with Crippen LogP contribution in [0.5, 0.6) is 0 Å². The van der Waals surface area contributed by atoms with E-state index >= 15 is 0 Å². The van der Waals surface area contributed by atoms with E-state index in [1.54, 1.807) is 23.2 Å². The van der Waals surface area contributed by atoms with Gasteiger partial charge in [0.25, 0.3) is 0 Å². The summed E-state index contributed by atoms with van der Waals surface area (Å²) in [4.78, 5) is 43.6. The molecule has 34 heavy (non-hydrogen) atoms. The van der Waals surface area contributed by atoms with Gasteiger partial charge >= 0.3 is 5.63 Å². The fourth-order valence-corrected chi connectivity index (χ4v) is 4.51. The van der Waals surface area contributed by atoms with Crippen molar-refractivity contribution < 1.29 is 18.5 Å². The Hall–Kier alpha value is -3.54. The Kier molecular flexibility index (Phi) is 7.06. The summed E-state index contributed by atoms with van der Waals surface area (Å²) >= 11 is 1.39. The van der Waals surface area contributed by atoms with Crippen molar-refractivity contribution in [3.05, 3.63) is 53.0 Å². The molecule has 0 radical (unpaired) electrons. The third-order valence-electron chi connectivity index (χ3n) is 5.51. The minimum absolute atomic E-state index is 0.00828. The van der Waals surface area contributed by atoms with Crippen molar-refractivity contribution in [2.24, 2.45) is 7.05 Å². The first-order chi connectivity index (χ1) is 16.3. The summed E-state index contributed by atoms with van der Waals surface area (Å²) in [5, 5.41) is 3.31. The van der Waals surface area contributed by atoms with Gasteiger partial charge in [0.15, 0.2) is 5.16 Å². The summed E-state index contributed by atoms with van der Waals surface area (Å²) in [5.41, 5.74) is 0.390. The van der Waals surface area contributed by atoms with Gasteiger partial charge in [-0.1, -0.05) is 17.8 Å². The Balaban J connectivity index is 1.36. The number of aryl methyl sites for hydroxylation is 1. The van der Waals surface area contributed by atoms with Gasteiger partial charge in [-0.2, -0.15) is 4.74 Å². The van der Waals surface area contributed by atoms with Crippen LogP contribution >= 0.6 is 11.8 Å². The quantitative estimate of drug-likeness (QED) is 0.503. The lowest BCUT2D eigenvalue weighted by atomic mass is 10.1. The monoisotopic (exact) mass is 488 g/mol. The van der Waals surface area contributed by atoms with Gasteiger partial charge in [0, 0.05) is 52.5 Å². The van der Waals surface area contributed by atoms with E-state index in [1.807, 2.05) is 22.7 Å². The Morgan fingerprint density at radius 2 is 2.00 bits per heavy atom. The maximum absolute atomic E-state index is 15.0. The molecule has 12 heteroatoms. The van der Waals surface area contributed by atoms with E-state index in [-0.39, 0.29) is 24.0 Å². The molecule has 180 valence electrons. The number of hydrogen-bond acceptors (Lipinski definition) is 7. The van der Waals surface area contributed by atoms with Gasteiger partial charge in [-0.05, 0) is 17.7 Å². The molecule has 1 fully saturated rings. The van der Waals surface area contributed by atoms with E-state index in [0.717, 1.165) is 5.16 Å². The zero-order valence-electron chi connectivity index (χ0n) is 18.9. The lowest BCUT2D eigenvalue weighted by molar-refractivity contribution is -0.128. The van der Waals surface area contributed by atoms with Crippen LogP contribution in [0.4, 0.5) is 10.1 Å². The summed E-state index contributed by atoms with van der Waals surface area (Å²) in [6, 6.07) is 4.59. The Labute approximate surface area is 199 Å². The summed E-state index contributed by atoms with van der Waals surface area (Å²) < 4.78 is 23.1. The van der Waals surface area contributed by atoms with Crippen LogP contribution in [0.1, 0.15) is 6.92 Å². The van der Waals surface area contributed by atoms with Crippen LogP contribution in [-0.4, -0.2) is 62.9 Å². The number of hydrogen-bond donors (Lipinski definition) is 1. The molecule has 0 saturated carbocycles. The fourth-order valence-electron chi connectivity index (χ4n) is 3.67. The molecule has 2 amide bonds. The van der Waals surface area contributed by atoms with Gasteiger partial charge in [-0.3, -0.25) is 9.59 Å². The molecule has 0 spiro atoms. The molecule has 1 aliphatic rings. The highest BCUT2D eigenvalue weighted by atomic mass is 32.2. The zero-order chi connectivity index (χ0) is 24.2. The third-order valence-corrected chi connectivity index (χ3v) is 6.55. The Morgan fingerprint density at radius 1 is 1.24 bits per heavy atom. The summed E-state index contributed by atoms with van der Waals surface area (Å²) in [6.07, 6.45) is 4.96. The van der Waals surface area contributed by atoms with E-state index in [0.29, 0.717) is 43.2 Å². The maximum atomic E-state index is 15.0. The number of carbonyl (C=O) groups is 2. The molecule has 0 aliphatic carbocycles. The van der Waals surface area contributed by atoms with E-state index in [4.69, 9.17) is 4.52 Å². The van der Waals surface area contributed by atoms with Crippen molar-refractivity contribution in [3.63, 3.8) is 0 Å². The second-order valence-electron chi connectivity index (χ2n) is 7.87. The number of rotatable bonds is 7. The molecule has 2 aromatic heterocycles. The maximum Gasteiger partial charge on any atom is 0.365 e. The molecule has 0 atom stereocenters. The standard InChI is InChI=1S/C22H25FN6O4S/c1-15(30)25-14-29-12-17(21(32)33-29)16-3-4-19(18(23)11-16)27-7-9-28(10-8-27)20(31)13-34-22-24-5-6-26(22)2/h3-6,11-12H,7-10,13-14H2,1-2H3,(H,25,30). The first-order valence-electron chi connectivity index (χ1n) is 10.7. The molecule has 10 nitrogen and oxygen atoms in total. The van der Waals surface area contributed by atoms with Crippen LogP contribution in [0.25, 0.3) is 11.1 Å². The molecular formula is C22H25FN6O4S. The molecule has 1 N–H and O–H groups in total. The number of thioether (sulfide) groups is 1. The van der Waals surface area contributed by atoms with Crippen molar-refractivity contribution in [2.45, 2.75) is 18.7 Å². The molecule has 1 aliphatic heterocycles. The largest absolute Gasteiger partial charge is 0.366 e. The number of piperazine rings is 1. The zero-order valence-corrected chi connectivity index (χ0v) is 19.7. The number of imidazole rings is 1. The minimum Gasteiger partial charge on any atom is -0.366 e. The number of halogens is 1. The Morgan fingerprint density at radius 3 is 2.65 bits per heavy atom. The van der Waals surface area contributed by atoms with Crippen molar-refractivity contribution in [3.8, 4) is 11.1 Å². The second-order valence-corrected chi connectivity index (χ2v) is 8.82. The molecule has 0 unspecified atom stereocenters. The summed E-state index contributed by atoms with van der Waals surface area (Å²) in [5.74, 6) is -0.393. The van der Waals surface area contributed by atoms with Crippen molar-refractivity contribution >= 4 is 29.3 Å². The summed E-state index contributed by atoms with van der Waals surface area (Å²) in [7, 11) is 1.88. The molecule has 3 aromatic rings. The van der Waals surface area contributed by atoms with Crippen LogP contribution in [0, 0.1) is 5.82 Å². The number of carbonyl (C=O) groups excluding carboxylic acids is 2. The van der Waals surface area contributed by atoms with E-state index < -0.39 is 11.4 Å². The molecule has 3 heterocycles. The van der Waals surface area contributed by atoms with E-state index in [1.165, 1.54) is 35.7 Å². The van der Waals surface area contributed by atoms with Crippen LogP contribution in [-0.2, 0) is 23.3 Å². The lowest BCUT2D eigenvalue weighted by Crippen LogP contribution is -2.49. The number of nitrogens with one attached hydrogen (secondary N) is 1. The van der Waals surface area contributed by atoms with Crippen LogP contribution in [0.3, 0.4) is 0 Å². The predicted molar refractivity (Wildman–Crippen MR) is 125 cm³/mol. The highest BCUT2D eigenvalue weighted by Crippen LogP contribution is 2.26. The summed E-state index contributed by atoms with van der Waals surface area (Å²) in [6.45, 7) is 3.37. The smallest absolute Gasteiger partial charge is 0.365 e. The SMILES string of the molecule is CC(=O)NCn1cc(-c2ccc(N3CCN(C(=O)CSc4nccn4C)CC3)c(F)c2)c(=O)o1. The predicted octanol–water partition coefficient (Wildman–Crippen LogP) is 1.52. The van der Waals surface area contributed by atoms with E-state index in [9.17, 15) is 18.8 Å². The van der Waals surface area contributed by atoms with Gasteiger partial charge in [0.05, 0.1) is 23.2 Å². The number of benzene rings is 1. The van der Waals surface area contributed by atoms with Gasteiger partial charge in [-0.15, -0.1) is 0 Å². The molecular weight excluding hydrogens is 463 g/mol. The molecule has 1 saturated heterocycles. The molecule has 0 bridgehead atoms. The van der Waals surface area contributed by atoms with Crippen LogP contribution in [0.15, 0.2) is 51.3 Å². The average Bonchev–Trinajstić information content (AvgIpc) is 3.40. The molecule has 4 rings (SSSR count). The van der Waals surface area contributed by atoms with Gasteiger partial charge in [0.1, 0.15) is 12.5 Å². The lowest BCUT2D eigenvalue weighted by Gasteiger charge is -2.36. The normalized spacial score (nSPS) is 13.9. The van der Waals surface area contributed by atoms with Gasteiger partial charge in [0.2, 0.25) is 11.8 Å². The van der Waals surface area contributed by atoms with Crippen LogP contribution < -0.4 is 15.8 Å². The second kappa shape index (κ2) is 10.2. The highest BCUT2D eigenvalue weighted by Gasteiger charge is 2.24. The fraction of sp³-hybridized carbons (Fsp3) is 0.364. The first-order valence-corrected chi connectivity index (χ1v) is 11.7. The minimum atomic E-state index is -0.618. The number of anilines is 1. The van der Waals surface area contributed by atoms with Crippen molar-refractivity contribution in [1.29, 1.82) is 0 Å². The van der Waals surface area contributed by atoms with Crippen molar-refractivity contribution in [1.82, 2.24) is 24.5 Å². The first kappa shape index (κ1) is 23.6. The van der Waals surface area contributed by atoms with Crippen molar-refractivity contribution in [2.75, 3.05) is 36.8 Å².